The SMILES string of the molecule is C=C(O)C(=O)OC1CCCC(=O)C1. The minimum Gasteiger partial charge on any atom is -0.502 e. The Balaban J connectivity index is 2.40. The molecular weight excluding hydrogens is 172 g/mol. The molecule has 0 bridgehead atoms. The highest BCUT2D eigenvalue weighted by Gasteiger charge is 2.23. The molecule has 1 atom stereocenters. The second kappa shape index (κ2) is 4.07. The zero-order valence-electron chi connectivity index (χ0n) is 7.28. The molecule has 0 aromatic carbocycles. The molecule has 0 saturated heterocycles. The van der Waals surface area contributed by atoms with E-state index in [1.165, 1.54) is 0 Å². The number of hydrogen-bond acceptors (Lipinski definition) is 4. The summed E-state index contributed by atoms with van der Waals surface area (Å²) in [6, 6.07) is 0. The van der Waals surface area contributed by atoms with Crippen LogP contribution in [0.3, 0.4) is 0 Å². The first kappa shape index (κ1) is 9.77. The van der Waals surface area contributed by atoms with Gasteiger partial charge in [-0.2, -0.15) is 0 Å². The van der Waals surface area contributed by atoms with Crippen LogP contribution < -0.4 is 0 Å². The Morgan fingerprint density at radius 3 is 2.85 bits per heavy atom. The van der Waals surface area contributed by atoms with Gasteiger partial charge in [-0.25, -0.2) is 4.79 Å². The summed E-state index contributed by atoms with van der Waals surface area (Å²) in [4.78, 5) is 21.8. The molecule has 1 unspecified atom stereocenters. The molecule has 0 aromatic heterocycles. The van der Waals surface area contributed by atoms with E-state index in [1.54, 1.807) is 0 Å². The number of ether oxygens (including phenoxy) is 1. The second-order valence-corrected chi connectivity index (χ2v) is 3.11. The van der Waals surface area contributed by atoms with E-state index in [1.807, 2.05) is 0 Å². The summed E-state index contributed by atoms with van der Waals surface area (Å²) in [5.41, 5.74) is 0. The monoisotopic (exact) mass is 184 g/mol. The molecule has 72 valence electrons. The summed E-state index contributed by atoms with van der Waals surface area (Å²) in [5.74, 6) is -1.34. The van der Waals surface area contributed by atoms with Crippen LogP contribution in [0, 0.1) is 0 Å². The smallest absolute Gasteiger partial charge is 0.373 e. The van der Waals surface area contributed by atoms with E-state index in [2.05, 4.69) is 6.58 Å². The number of esters is 1. The van der Waals surface area contributed by atoms with Crippen LogP contribution >= 0.6 is 0 Å². The Labute approximate surface area is 76.2 Å². The molecular formula is C9H12O4. The van der Waals surface area contributed by atoms with Gasteiger partial charge < -0.3 is 9.84 Å². The number of rotatable bonds is 2. The second-order valence-electron chi connectivity index (χ2n) is 3.11. The van der Waals surface area contributed by atoms with Gasteiger partial charge in [0.05, 0.1) is 0 Å². The number of aliphatic hydroxyl groups is 1. The lowest BCUT2D eigenvalue weighted by atomic mass is 9.96. The Morgan fingerprint density at radius 2 is 2.31 bits per heavy atom. The molecule has 4 nitrogen and oxygen atoms in total. The standard InChI is InChI=1S/C9H12O4/c1-6(10)9(12)13-8-4-2-3-7(11)5-8/h8,10H,1-5H2. The Bertz CT molecular complexity index is 244. The third kappa shape index (κ3) is 2.89. The number of ketones is 1. The van der Waals surface area contributed by atoms with Crippen molar-refractivity contribution in [3.8, 4) is 0 Å². The molecule has 1 aliphatic rings. The maximum atomic E-state index is 10.9. The van der Waals surface area contributed by atoms with Crippen molar-refractivity contribution in [1.29, 1.82) is 0 Å². The zero-order chi connectivity index (χ0) is 9.84. The average molecular weight is 184 g/mol. The van der Waals surface area contributed by atoms with E-state index >= 15 is 0 Å². The summed E-state index contributed by atoms with van der Waals surface area (Å²) in [6.45, 7) is 3.04. The summed E-state index contributed by atoms with van der Waals surface area (Å²) >= 11 is 0. The van der Waals surface area contributed by atoms with E-state index in [-0.39, 0.29) is 18.3 Å². The molecule has 1 N–H and O–H groups in total. The summed E-state index contributed by atoms with van der Waals surface area (Å²) in [6.07, 6.45) is 1.88. The minimum absolute atomic E-state index is 0.104. The van der Waals surface area contributed by atoms with Crippen LogP contribution in [0.25, 0.3) is 0 Å². The molecule has 0 aromatic rings. The van der Waals surface area contributed by atoms with Crippen LogP contribution in [0.1, 0.15) is 25.7 Å². The van der Waals surface area contributed by atoms with Gasteiger partial charge in [-0.1, -0.05) is 0 Å². The first-order chi connectivity index (χ1) is 6.09. The summed E-state index contributed by atoms with van der Waals surface area (Å²) in [5, 5.41) is 8.66. The van der Waals surface area contributed by atoms with Gasteiger partial charge in [0.1, 0.15) is 11.9 Å². The molecule has 1 saturated carbocycles. The van der Waals surface area contributed by atoms with E-state index in [0.717, 1.165) is 6.42 Å². The summed E-state index contributed by atoms with van der Waals surface area (Å²) < 4.78 is 4.81. The van der Waals surface area contributed by atoms with Gasteiger partial charge >= 0.3 is 5.97 Å². The van der Waals surface area contributed by atoms with Crippen molar-refractivity contribution >= 4 is 11.8 Å². The van der Waals surface area contributed by atoms with Crippen LogP contribution in [0.5, 0.6) is 0 Å². The van der Waals surface area contributed by atoms with Gasteiger partial charge in [0.15, 0.2) is 5.76 Å². The molecule has 0 radical (unpaired) electrons. The quantitative estimate of drug-likeness (QED) is 0.396. The van der Waals surface area contributed by atoms with Crippen LogP contribution in [-0.4, -0.2) is 23.0 Å². The van der Waals surface area contributed by atoms with Gasteiger partial charge in [-0.3, -0.25) is 4.79 Å². The van der Waals surface area contributed by atoms with Gasteiger partial charge in [0.2, 0.25) is 0 Å². The lowest BCUT2D eigenvalue weighted by molar-refractivity contribution is -0.150. The van der Waals surface area contributed by atoms with Crippen LogP contribution in [0.2, 0.25) is 0 Å². The highest BCUT2D eigenvalue weighted by molar-refractivity contribution is 5.86. The van der Waals surface area contributed by atoms with Gasteiger partial charge in [0.25, 0.3) is 0 Å². The van der Waals surface area contributed by atoms with Gasteiger partial charge in [0, 0.05) is 12.8 Å². The Morgan fingerprint density at radius 1 is 1.62 bits per heavy atom. The molecule has 0 amide bonds. The average Bonchev–Trinajstić information content (AvgIpc) is 2.04. The molecule has 1 rings (SSSR count). The predicted molar refractivity (Wildman–Crippen MR) is 45.1 cm³/mol. The van der Waals surface area contributed by atoms with Crippen molar-refractivity contribution in [3.05, 3.63) is 12.3 Å². The van der Waals surface area contributed by atoms with E-state index < -0.39 is 11.7 Å². The fraction of sp³-hybridized carbons (Fsp3) is 0.556. The third-order valence-electron chi connectivity index (χ3n) is 1.95. The Kier molecular flexibility index (Phi) is 3.06. The van der Waals surface area contributed by atoms with E-state index in [4.69, 9.17) is 9.84 Å². The molecule has 4 heteroatoms. The zero-order valence-corrected chi connectivity index (χ0v) is 7.28. The van der Waals surface area contributed by atoms with Crippen molar-refractivity contribution in [2.75, 3.05) is 0 Å². The first-order valence-electron chi connectivity index (χ1n) is 4.20. The number of carbonyl (C=O) groups excluding carboxylic acids is 2. The lowest BCUT2D eigenvalue weighted by Crippen LogP contribution is -2.26. The molecule has 13 heavy (non-hydrogen) atoms. The number of hydrogen-bond donors (Lipinski definition) is 1. The summed E-state index contributed by atoms with van der Waals surface area (Å²) in [7, 11) is 0. The highest BCUT2D eigenvalue weighted by Crippen LogP contribution is 2.18. The number of carbonyl (C=O) groups is 2. The molecule has 0 heterocycles. The first-order valence-corrected chi connectivity index (χ1v) is 4.20. The van der Waals surface area contributed by atoms with E-state index in [0.29, 0.717) is 12.8 Å². The van der Waals surface area contributed by atoms with Gasteiger partial charge in [-0.15, -0.1) is 0 Å². The maximum absolute atomic E-state index is 10.9. The van der Waals surface area contributed by atoms with Crippen LogP contribution in [-0.2, 0) is 14.3 Å². The fourth-order valence-electron chi connectivity index (χ4n) is 1.30. The van der Waals surface area contributed by atoms with E-state index in [9.17, 15) is 9.59 Å². The lowest BCUT2D eigenvalue weighted by Gasteiger charge is -2.20. The topological polar surface area (TPSA) is 63.6 Å². The van der Waals surface area contributed by atoms with Crippen molar-refractivity contribution in [1.82, 2.24) is 0 Å². The molecule has 0 aliphatic heterocycles. The minimum atomic E-state index is -0.834. The fourth-order valence-corrected chi connectivity index (χ4v) is 1.30. The van der Waals surface area contributed by atoms with Crippen molar-refractivity contribution in [2.24, 2.45) is 0 Å². The van der Waals surface area contributed by atoms with Gasteiger partial charge in [-0.05, 0) is 19.4 Å². The van der Waals surface area contributed by atoms with Crippen molar-refractivity contribution in [2.45, 2.75) is 31.8 Å². The number of Topliss-reactive ketones (excluding diaryl/α,β-unsaturated/α-hetero) is 1. The Hall–Kier alpha value is -1.32. The van der Waals surface area contributed by atoms with Crippen LogP contribution in [0.15, 0.2) is 12.3 Å². The van der Waals surface area contributed by atoms with Crippen molar-refractivity contribution in [3.63, 3.8) is 0 Å². The van der Waals surface area contributed by atoms with Crippen molar-refractivity contribution < 1.29 is 19.4 Å². The number of aliphatic hydroxyl groups excluding tert-OH is 1. The van der Waals surface area contributed by atoms with Crippen LogP contribution in [0.4, 0.5) is 0 Å². The molecule has 0 spiro atoms. The third-order valence-corrected chi connectivity index (χ3v) is 1.95. The normalized spacial score (nSPS) is 22.5. The molecule has 1 aliphatic carbocycles. The highest BCUT2D eigenvalue weighted by atomic mass is 16.6. The molecule has 1 fully saturated rings. The largest absolute Gasteiger partial charge is 0.502 e. The maximum Gasteiger partial charge on any atom is 0.373 e. The predicted octanol–water partition coefficient (Wildman–Crippen LogP) is 1.11.